The van der Waals surface area contributed by atoms with Crippen LogP contribution in [0.25, 0.3) is 22.6 Å². The number of pyridine rings is 1. The van der Waals surface area contributed by atoms with Crippen molar-refractivity contribution in [2.24, 2.45) is 0 Å². The van der Waals surface area contributed by atoms with Crippen molar-refractivity contribution in [2.45, 2.75) is 38.1 Å². The fraction of sp³-hybridized carbons (Fsp3) is 0.250. The maximum Gasteiger partial charge on any atom is 0.240 e. The summed E-state index contributed by atoms with van der Waals surface area (Å²) in [5.41, 5.74) is 4.76. The molecule has 7 heteroatoms. The number of nitrogens with zero attached hydrogens (tertiary/aromatic N) is 3. The number of rotatable bonds is 7. The van der Waals surface area contributed by atoms with E-state index in [1.807, 2.05) is 60.0 Å². The zero-order valence-electron chi connectivity index (χ0n) is 17.9. The van der Waals surface area contributed by atoms with Gasteiger partial charge in [0.15, 0.2) is 5.65 Å². The van der Waals surface area contributed by atoms with Gasteiger partial charge in [-0.05, 0) is 42.7 Å². The van der Waals surface area contributed by atoms with Gasteiger partial charge in [0.05, 0.1) is 4.90 Å². The number of aromatic nitrogens is 3. The third-order valence-electron chi connectivity index (χ3n) is 5.30. The van der Waals surface area contributed by atoms with Crippen LogP contribution >= 0.6 is 0 Å². The van der Waals surface area contributed by atoms with Crippen LogP contribution in [0.5, 0.6) is 0 Å². The zero-order valence-corrected chi connectivity index (χ0v) is 18.7. The van der Waals surface area contributed by atoms with Crippen molar-refractivity contribution in [3.8, 4) is 11.4 Å². The molecule has 4 rings (SSSR count). The summed E-state index contributed by atoms with van der Waals surface area (Å²) in [5.74, 6) is 1.13. The zero-order chi connectivity index (χ0) is 22.0. The number of sulfonamides is 1. The lowest BCUT2D eigenvalue weighted by molar-refractivity contribution is 0.574. The summed E-state index contributed by atoms with van der Waals surface area (Å²) in [4.78, 5) is 9.47. The van der Waals surface area contributed by atoms with Gasteiger partial charge in [0, 0.05) is 24.8 Å². The van der Waals surface area contributed by atoms with Crippen molar-refractivity contribution >= 4 is 21.2 Å². The smallest absolute Gasteiger partial charge is 0.240 e. The second-order valence-electron chi connectivity index (χ2n) is 7.92. The molecule has 0 spiro atoms. The van der Waals surface area contributed by atoms with Gasteiger partial charge in [0.25, 0.3) is 0 Å². The second kappa shape index (κ2) is 8.61. The first kappa shape index (κ1) is 21.2. The van der Waals surface area contributed by atoms with Crippen molar-refractivity contribution < 1.29 is 8.42 Å². The maximum atomic E-state index is 12.7. The number of benzene rings is 2. The van der Waals surface area contributed by atoms with Crippen LogP contribution in [-0.4, -0.2) is 29.5 Å². The van der Waals surface area contributed by atoms with E-state index in [0.717, 1.165) is 28.1 Å². The Hall–Kier alpha value is -3.03. The molecular weight excluding hydrogens is 408 g/mol. The molecule has 0 amide bonds. The fourth-order valence-corrected chi connectivity index (χ4v) is 4.52. The maximum absolute atomic E-state index is 12.7. The molecule has 0 saturated carbocycles. The molecule has 2 aromatic heterocycles. The van der Waals surface area contributed by atoms with E-state index < -0.39 is 10.0 Å². The molecule has 1 N–H and O–H groups in total. The number of fused-ring (bicyclic) bond motifs is 1. The summed E-state index contributed by atoms with van der Waals surface area (Å²) in [6.45, 7) is 6.85. The van der Waals surface area contributed by atoms with Crippen molar-refractivity contribution in [3.05, 3.63) is 78.0 Å². The Morgan fingerprint density at radius 3 is 2.39 bits per heavy atom. The van der Waals surface area contributed by atoms with E-state index in [4.69, 9.17) is 4.98 Å². The average Bonchev–Trinajstić information content (AvgIpc) is 3.13. The Labute approximate surface area is 183 Å². The topological polar surface area (TPSA) is 76.9 Å². The Kier molecular flexibility index (Phi) is 5.89. The van der Waals surface area contributed by atoms with Gasteiger partial charge < -0.3 is 4.57 Å². The van der Waals surface area contributed by atoms with Crippen LogP contribution in [-0.2, 0) is 16.6 Å². The Bertz CT molecular complexity index is 1290. The van der Waals surface area contributed by atoms with E-state index in [0.29, 0.717) is 12.5 Å². The molecule has 0 aliphatic heterocycles. The summed E-state index contributed by atoms with van der Waals surface area (Å²) in [5, 5.41) is 0. The van der Waals surface area contributed by atoms with E-state index in [1.165, 1.54) is 5.56 Å². The van der Waals surface area contributed by atoms with Crippen LogP contribution in [0.1, 0.15) is 30.9 Å². The number of aryl methyl sites for hydroxylation is 1. The first-order valence-electron chi connectivity index (χ1n) is 10.3. The van der Waals surface area contributed by atoms with Crippen LogP contribution in [0.4, 0.5) is 0 Å². The van der Waals surface area contributed by atoms with Gasteiger partial charge in [-0.2, -0.15) is 0 Å². The van der Waals surface area contributed by atoms with Crippen LogP contribution in [0, 0.1) is 6.92 Å². The minimum absolute atomic E-state index is 0.231. The van der Waals surface area contributed by atoms with Crippen LogP contribution < -0.4 is 4.72 Å². The molecule has 0 atom stereocenters. The lowest BCUT2D eigenvalue weighted by Crippen LogP contribution is -2.27. The molecule has 0 bridgehead atoms. The molecule has 0 fully saturated rings. The molecule has 0 aliphatic rings. The fourth-order valence-electron chi connectivity index (χ4n) is 3.50. The third-order valence-corrected chi connectivity index (χ3v) is 6.78. The van der Waals surface area contributed by atoms with Gasteiger partial charge in [-0.3, -0.25) is 0 Å². The highest BCUT2D eigenvalue weighted by Crippen LogP contribution is 2.24. The number of nitrogens with one attached hydrogen (secondary N) is 1. The first-order valence-corrected chi connectivity index (χ1v) is 11.8. The van der Waals surface area contributed by atoms with Gasteiger partial charge in [0.1, 0.15) is 11.3 Å². The van der Waals surface area contributed by atoms with Gasteiger partial charge in [-0.1, -0.05) is 55.8 Å². The van der Waals surface area contributed by atoms with Crippen LogP contribution in [0.2, 0.25) is 0 Å². The summed E-state index contributed by atoms with van der Waals surface area (Å²) < 4.78 is 30.2. The lowest BCUT2D eigenvalue weighted by Gasteiger charge is -2.11. The molecular formula is C24H26N4O2S. The van der Waals surface area contributed by atoms with Gasteiger partial charge in [0.2, 0.25) is 10.0 Å². The van der Waals surface area contributed by atoms with Crippen molar-refractivity contribution in [3.63, 3.8) is 0 Å². The van der Waals surface area contributed by atoms with Gasteiger partial charge in [-0.25, -0.2) is 23.1 Å². The standard InChI is InChI=1S/C24H26N4O2S/c1-17(2)19-10-12-21(13-11-19)31(29,30)26-15-16-28-23(20-8-6-18(3)7-9-20)27-22-5-4-14-25-24(22)28/h4-14,17,26H,15-16H2,1-3H3. The minimum atomic E-state index is -3.60. The molecule has 160 valence electrons. The van der Waals surface area contributed by atoms with E-state index in [1.54, 1.807) is 18.3 Å². The highest BCUT2D eigenvalue weighted by Gasteiger charge is 2.17. The molecule has 2 heterocycles. The summed E-state index contributed by atoms with van der Waals surface area (Å²) in [7, 11) is -3.60. The lowest BCUT2D eigenvalue weighted by atomic mass is 10.0. The summed E-state index contributed by atoms with van der Waals surface area (Å²) in [6, 6.07) is 18.9. The second-order valence-corrected chi connectivity index (χ2v) is 9.69. The first-order chi connectivity index (χ1) is 14.8. The van der Waals surface area contributed by atoms with Crippen molar-refractivity contribution in [1.82, 2.24) is 19.3 Å². The van der Waals surface area contributed by atoms with E-state index in [-0.39, 0.29) is 11.4 Å². The highest BCUT2D eigenvalue weighted by atomic mass is 32.2. The average molecular weight is 435 g/mol. The van der Waals surface area contributed by atoms with Crippen LogP contribution in [0.3, 0.4) is 0 Å². The molecule has 2 aromatic carbocycles. The molecule has 31 heavy (non-hydrogen) atoms. The predicted molar refractivity (Wildman–Crippen MR) is 123 cm³/mol. The normalized spacial score (nSPS) is 12.0. The molecule has 4 aromatic rings. The predicted octanol–water partition coefficient (Wildman–Crippen LogP) is 4.51. The Morgan fingerprint density at radius 2 is 1.71 bits per heavy atom. The Balaban J connectivity index is 1.57. The number of hydrogen-bond donors (Lipinski definition) is 1. The Morgan fingerprint density at radius 1 is 1.00 bits per heavy atom. The molecule has 0 saturated heterocycles. The van der Waals surface area contributed by atoms with E-state index in [9.17, 15) is 8.42 Å². The number of hydrogen-bond acceptors (Lipinski definition) is 4. The summed E-state index contributed by atoms with van der Waals surface area (Å²) in [6.07, 6.45) is 1.72. The van der Waals surface area contributed by atoms with E-state index in [2.05, 4.69) is 23.6 Å². The SMILES string of the molecule is Cc1ccc(-c2nc3cccnc3n2CCNS(=O)(=O)c2ccc(C(C)C)cc2)cc1. The van der Waals surface area contributed by atoms with Gasteiger partial charge >= 0.3 is 0 Å². The largest absolute Gasteiger partial charge is 0.307 e. The quantitative estimate of drug-likeness (QED) is 0.464. The number of imidazole rings is 1. The highest BCUT2D eigenvalue weighted by molar-refractivity contribution is 7.89. The third kappa shape index (κ3) is 4.52. The molecule has 0 unspecified atom stereocenters. The summed E-state index contributed by atoms with van der Waals surface area (Å²) >= 11 is 0. The van der Waals surface area contributed by atoms with E-state index >= 15 is 0 Å². The molecule has 0 radical (unpaired) electrons. The van der Waals surface area contributed by atoms with Crippen molar-refractivity contribution in [1.29, 1.82) is 0 Å². The van der Waals surface area contributed by atoms with Gasteiger partial charge in [-0.15, -0.1) is 0 Å². The molecule has 0 aliphatic carbocycles. The minimum Gasteiger partial charge on any atom is -0.307 e. The molecule has 6 nitrogen and oxygen atoms in total. The van der Waals surface area contributed by atoms with Crippen LogP contribution in [0.15, 0.2) is 71.8 Å². The monoisotopic (exact) mass is 434 g/mol. The van der Waals surface area contributed by atoms with Crippen molar-refractivity contribution in [2.75, 3.05) is 6.54 Å².